The summed E-state index contributed by atoms with van der Waals surface area (Å²) in [4.78, 5) is -0.524. The minimum atomic E-state index is -4.98. The number of nitrogens with one attached hydrogen (secondary N) is 1. The van der Waals surface area contributed by atoms with Gasteiger partial charge in [-0.15, -0.1) is 13.2 Å². The van der Waals surface area contributed by atoms with E-state index in [1.165, 1.54) is 12.1 Å². The second-order valence-electron chi connectivity index (χ2n) is 7.96. The molecule has 0 atom stereocenters. The Kier molecular flexibility index (Phi) is 5.79. The summed E-state index contributed by atoms with van der Waals surface area (Å²) >= 11 is 0. The van der Waals surface area contributed by atoms with Gasteiger partial charge in [0, 0.05) is 6.07 Å². The Morgan fingerprint density at radius 3 is 2.16 bits per heavy atom. The molecule has 6 nitrogen and oxygen atoms in total. The molecule has 0 aliphatic carbocycles. The number of hydrogen-bond donors (Lipinski definition) is 1. The number of anilines is 1. The summed E-state index contributed by atoms with van der Waals surface area (Å²) in [6.07, 6.45) is -4.98. The Morgan fingerprint density at radius 1 is 1.00 bits per heavy atom. The maximum Gasteiger partial charge on any atom is 0.573 e. The van der Waals surface area contributed by atoms with E-state index in [-0.39, 0.29) is 5.69 Å². The molecule has 1 N–H and O–H groups in total. The van der Waals surface area contributed by atoms with Crippen LogP contribution in [-0.4, -0.2) is 33.1 Å². The molecule has 0 radical (unpaired) electrons. The summed E-state index contributed by atoms with van der Waals surface area (Å²) in [7, 11) is -5.23. The molecular formula is C19H20BF4NO5S. The van der Waals surface area contributed by atoms with Crippen molar-refractivity contribution < 1.29 is 40.0 Å². The minimum Gasteiger partial charge on any atom is -0.406 e. The van der Waals surface area contributed by atoms with Crippen molar-refractivity contribution in [3.8, 4) is 5.75 Å². The van der Waals surface area contributed by atoms with Gasteiger partial charge in [-0.1, -0.05) is 12.1 Å². The minimum absolute atomic E-state index is 0.347. The monoisotopic (exact) mass is 461 g/mol. The van der Waals surface area contributed by atoms with E-state index in [0.29, 0.717) is 11.5 Å². The molecule has 3 rings (SSSR count). The average Bonchev–Trinajstić information content (AvgIpc) is 2.83. The molecule has 0 aromatic heterocycles. The van der Waals surface area contributed by atoms with Gasteiger partial charge in [0.15, 0.2) is 0 Å². The van der Waals surface area contributed by atoms with Crippen molar-refractivity contribution in [3.63, 3.8) is 0 Å². The molecule has 0 saturated carbocycles. The van der Waals surface area contributed by atoms with Gasteiger partial charge < -0.3 is 14.0 Å². The molecule has 1 heterocycles. The van der Waals surface area contributed by atoms with Gasteiger partial charge in [-0.25, -0.2) is 12.8 Å². The normalized spacial score (nSPS) is 18.1. The topological polar surface area (TPSA) is 73.9 Å². The number of benzene rings is 2. The second-order valence-corrected chi connectivity index (χ2v) is 9.64. The predicted octanol–water partition coefficient (Wildman–Crippen LogP) is 3.82. The van der Waals surface area contributed by atoms with E-state index in [0.717, 1.165) is 24.3 Å². The third kappa shape index (κ3) is 5.13. The van der Waals surface area contributed by atoms with Crippen molar-refractivity contribution in [1.29, 1.82) is 0 Å². The van der Waals surface area contributed by atoms with Gasteiger partial charge in [0.25, 0.3) is 10.0 Å². The van der Waals surface area contributed by atoms with Crippen LogP contribution < -0.4 is 14.9 Å². The molecular weight excluding hydrogens is 441 g/mol. The van der Waals surface area contributed by atoms with E-state index in [9.17, 15) is 26.0 Å². The van der Waals surface area contributed by atoms with Crippen LogP contribution in [0.15, 0.2) is 47.4 Å². The van der Waals surface area contributed by atoms with E-state index in [1.807, 2.05) is 32.4 Å². The van der Waals surface area contributed by atoms with Gasteiger partial charge in [-0.05, 0) is 57.4 Å². The second kappa shape index (κ2) is 7.68. The smallest absolute Gasteiger partial charge is 0.406 e. The number of hydrogen-bond acceptors (Lipinski definition) is 5. The third-order valence-corrected chi connectivity index (χ3v) is 6.48. The average molecular weight is 461 g/mol. The Labute approximate surface area is 177 Å². The first-order valence-corrected chi connectivity index (χ1v) is 10.6. The van der Waals surface area contributed by atoms with Crippen molar-refractivity contribution in [1.82, 2.24) is 0 Å². The Balaban J connectivity index is 1.81. The highest BCUT2D eigenvalue weighted by Gasteiger charge is 2.51. The third-order valence-electron chi connectivity index (χ3n) is 5.11. The number of rotatable bonds is 5. The van der Waals surface area contributed by atoms with Gasteiger partial charge >= 0.3 is 13.5 Å². The van der Waals surface area contributed by atoms with Crippen molar-refractivity contribution in [2.24, 2.45) is 0 Å². The number of alkyl halides is 3. The highest BCUT2D eigenvalue weighted by atomic mass is 32.2. The van der Waals surface area contributed by atoms with Crippen LogP contribution in [0.25, 0.3) is 0 Å². The summed E-state index contributed by atoms with van der Waals surface area (Å²) < 4.78 is 94.2. The molecule has 2 aromatic carbocycles. The van der Waals surface area contributed by atoms with Crippen LogP contribution >= 0.6 is 0 Å². The van der Waals surface area contributed by atoms with Crippen LogP contribution in [0.5, 0.6) is 5.75 Å². The summed E-state index contributed by atoms with van der Waals surface area (Å²) in [5.41, 5.74) is -1.32. The van der Waals surface area contributed by atoms with Crippen LogP contribution in [0, 0.1) is 5.82 Å². The Hall–Kier alpha value is -2.31. The molecule has 0 bridgehead atoms. The fraction of sp³-hybridized carbons (Fsp3) is 0.368. The fourth-order valence-corrected chi connectivity index (χ4v) is 3.88. The molecule has 0 spiro atoms. The molecule has 1 fully saturated rings. The quantitative estimate of drug-likeness (QED) is 0.542. The first-order valence-electron chi connectivity index (χ1n) is 9.13. The lowest BCUT2D eigenvalue weighted by Crippen LogP contribution is -2.41. The lowest BCUT2D eigenvalue weighted by atomic mass is 9.79. The molecule has 2 aromatic rings. The summed E-state index contributed by atoms with van der Waals surface area (Å²) in [6.45, 7) is 7.34. The first-order chi connectivity index (χ1) is 14.1. The largest absolute Gasteiger partial charge is 0.573 e. The maximum absolute atomic E-state index is 14.6. The van der Waals surface area contributed by atoms with E-state index >= 15 is 0 Å². The lowest BCUT2D eigenvalue weighted by molar-refractivity contribution is -0.274. The molecule has 1 aliphatic heterocycles. The van der Waals surface area contributed by atoms with Crippen LogP contribution in [-0.2, 0) is 19.3 Å². The standard InChI is InChI=1S/C19H20BF4NO5S/c1-17(2)18(3,4)30-20(29-17)12-8-9-16(15(21)10-12)25-31(26,27)14-7-5-6-13(11-14)28-19(22,23)24/h5-11,25H,1-4H3. The van der Waals surface area contributed by atoms with Crippen molar-refractivity contribution in [2.45, 2.75) is 50.2 Å². The highest BCUT2D eigenvalue weighted by Crippen LogP contribution is 2.36. The van der Waals surface area contributed by atoms with E-state index in [1.54, 1.807) is 0 Å². The molecule has 31 heavy (non-hydrogen) atoms. The van der Waals surface area contributed by atoms with E-state index < -0.39 is 51.2 Å². The Morgan fingerprint density at radius 2 is 1.61 bits per heavy atom. The highest BCUT2D eigenvalue weighted by molar-refractivity contribution is 7.92. The van der Waals surface area contributed by atoms with E-state index in [2.05, 4.69) is 4.74 Å². The molecule has 1 saturated heterocycles. The molecule has 1 aliphatic rings. The predicted molar refractivity (Wildman–Crippen MR) is 106 cm³/mol. The van der Waals surface area contributed by atoms with Crippen LogP contribution in [0.3, 0.4) is 0 Å². The zero-order chi connectivity index (χ0) is 23.2. The maximum atomic E-state index is 14.6. The van der Waals surface area contributed by atoms with Crippen LogP contribution in [0.1, 0.15) is 27.7 Å². The zero-order valence-corrected chi connectivity index (χ0v) is 17.9. The zero-order valence-electron chi connectivity index (χ0n) is 17.1. The summed E-state index contributed by atoms with van der Waals surface area (Å²) in [5, 5.41) is 0. The Bertz CT molecular complexity index is 1070. The van der Waals surface area contributed by atoms with Gasteiger partial charge in [-0.2, -0.15) is 0 Å². The van der Waals surface area contributed by atoms with Crippen molar-refractivity contribution >= 4 is 28.3 Å². The molecule has 168 valence electrons. The van der Waals surface area contributed by atoms with Crippen molar-refractivity contribution in [2.75, 3.05) is 4.72 Å². The summed E-state index contributed by atoms with van der Waals surface area (Å²) in [5.74, 6) is -1.62. The first kappa shape index (κ1) is 23.4. The molecule has 12 heteroatoms. The SMILES string of the molecule is CC1(C)OB(c2ccc(NS(=O)(=O)c3cccc(OC(F)(F)F)c3)c(F)c2)OC1(C)C. The van der Waals surface area contributed by atoms with Gasteiger partial charge in [0.1, 0.15) is 11.6 Å². The van der Waals surface area contributed by atoms with E-state index in [4.69, 9.17) is 9.31 Å². The van der Waals surface area contributed by atoms with Gasteiger partial charge in [0.2, 0.25) is 0 Å². The molecule has 0 amide bonds. The fourth-order valence-electron chi connectivity index (χ4n) is 2.78. The van der Waals surface area contributed by atoms with Crippen LogP contribution in [0.4, 0.5) is 23.2 Å². The number of halogens is 4. The van der Waals surface area contributed by atoms with Crippen LogP contribution in [0.2, 0.25) is 0 Å². The lowest BCUT2D eigenvalue weighted by Gasteiger charge is -2.32. The number of ether oxygens (including phenoxy) is 1. The number of sulfonamides is 1. The van der Waals surface area contributed by atoms with Gasteiger partial charge in [0.05, 0.1) is 21.8 Å². The summed E-state index contributed by atoms with van der Waals surface area (Å²) in [6, 6.07) is 7.47. The van der Waals surface area contributed by atoms with Crippen molar-refractivity contribution in [3.05, 3.63) is 48.3 Å². The molecule has 0 unspecified atom stereocenters. The van der Waals surface area contributed by atoms with Gasteiger partial charge in [-0.3, -0.25) is 4.72 Å².